The van der Waals surface area contributed by atoms with Gasteiger partial charge >= 0.3 is 6.18 Å². The smallest absolute Gasteiger partial charge is 0.410 e. The van der Waals surface area contributed by atoms with E-state index >= 15 is 0 Å². The zero-order valence-electron chi connectivity index (χ0n) is 20.4. The van der Waals surface area contributed by atoms with Crippen molar-refractivity contribution in [2.75, 3.05) is 6.61 Å². The third-order valence-corrected chi connectivity index (χ3v) is 5.81. The van der Waals surface area contributed by atoms with Gasteiger partial charge in [-0.25, -0.2) is 4.39 Å². The zero-order chi connectivity index (χ0) is 26.8. The molecule has 0 aromatic heterocycles. The lowest BCUT2D eigenvalue weighted by atomic mass is 9.88. The molecule has 0 bridgehead atoms. The number of alkyl halides is 3. The number of aryl methyl sites for hydroxylation is 2. The molecule has 0 fully saturated rings. The van der Waals surface area contributed by atoms with Crippen LogP contribution in [0.15, 0.2) is 72.8 Å². The SMILES string of the molecule is C#CCC(C(=O)Cc1ccc(CCc2cccc([C]=CC(F)(F)F)c2)c(OCC)c1)c1ccc(F)cc1. The molecule has 0 aliphatic carbocycles. The van der Waals surface area contributed by atoms with Crippen LogP contribution in [0.2, 0.25) is 0 Å². The van der Waals surface area contributed by atoms with E-state index in [0.717, 1.165) is 16.7 Å². The molecule has 0 aliphatic heterocycles. The summed E-state index contributed by atoms with van der Waals surface area (Å²) in [5, 5.41) is 0. The van der Waals surface area contributed by atoms with Crippen molar-refractivity contribution in [2.24, 2.45) is 0 Å². The second kappa shape index (κ2) is 12.9. The number of hydrogen-bond donors (Lipinski definition) is 0. The predicted molar refractivity (Wildman–Crippen MR) is 136 cm³/mol. The highest BCUT2D eigenvalue weighted by atomic mass is 19.4. The van der Waals surface area contributed by atoms with Gasteiger partial charge in [0.2, 0.25) is 0 Å². The van der Waals surface area contributed by atoms with Crippen LogP contribution >= 0.6 is 0 Å². The first-order chi connectivity index (χ1) is 17.7. The van der Waals surface area contributed by atoms with Gasteiger partial charge in [-0.2, -0.15) is 13.2 Å². The lowest BCUT2D eigenvalue weighted by Crippen LogP contribution is -2.15. The summed E-state index contributed by atoms with van der Waals surface area (Å²) in [7, 11) is 0. The summed E-state index contributed by atoms with van der Waals surface area (Å²) >= 11 is 0. The highest BCUT2D eigenvalue weighted by Gasteiger charge is 2.22. The molecular formula is C31H27F4O2. The first-order valence-corrected chi connectivity index (χ1v) is 11.9. The fourth-order valence-electron chi connectivity index (χ4n) is 4.02. The average molecular weight is 508 g/mol. The molecule has 3 rings (SSSR count). The van der Waals surface area contributed by atoms with Gasteiger partial charge in [0, 0.05) is 18.9 Å². The van der Waals surface area contributed by atoms with Crippen LogP contribution in [-0.4, -0.2) is 18.6 Å². The fourth-order valence-corrected chi connectivity index (χ4v) is 4.02. The number of allylic oxidation sites excluding steroid dienone is 1. The van der Waals surface area contributed by atoms with Gasteiger partial charge in [-0.1, -0.05) is 48.5 Å². The second-order valence-corrected chi connectivity index (χ2v) is 8.56. The highest BCUT2D eigenvalue weighted by molar-refractivity contribution is 5.88. The van der Waals surface area contributed by atoms with Gasteiger partial charge < -0.3 is 4.74 Å². The molecule has 191 valence electrons. The summed E-state index contributed by atoms with van der Waals surface area (Å²) in [6.07, 6.45) is 5.01. The molecule has 2 nitrogen and oxygen atoms in total. The lowest BCUT2D eigenvalue weighted by Gasteiger charge is -2.16. The lowest BCUT2D eigenvalue weighted by molar-refractivity contribution is -0.119. The van der Waals surface area contributed by atoms with Crippen LogP contribution in [0, 0.1) is 24.2 Å². The zero-order valence-corrected chi connectivity index (χ0v) is 20.4. The Labute approximate surface area is 215 Å². The van der Waals surface area contributed by atoms with Crippen molar-refractivity contribution in [3.8, 4) is 18.1 Å². The summed E-state index contributed by atoms with van der Waals surface area (Å²) in [5.41, 5.74) is 3.61. The van der Waals surface area contributed by atoms with Gasteiger partial charge in [-0.15, -0.1) is 12.3 Å². The number of carbonyl (C=O) groups excluding carboxylic acids is 1. The van der Waals surface area contributed by atoms with Crippen molar-refractivity contribution in [3.05, 3.63) is 113 Å². The molecule has 37 heavy (non-hydrogen) atoms. The fraction of sp³-hybridized carbons (Fsp3) is 0.258. The van der Waals surface area contributed by atoms with Crippen molar-refractivity contribution < 1.29 is 27.1 Å². The Morgan fingerprint density at radius 1 is 1.03 bits per heavy atom. The summed E-state index contributed by atoms with van der Waals surface area (Å²) in [5.74, 6) is 2.21. The van der Waals surface area contributed by atoms with E-state index in [9.17, 15) is 22.4 Å². The molecular weight excluding hydrogens is 480 g/mol. The number of rotatable bonds is 11. The Morgan fingerprint density at radius 3 is 2.46 bits per heavy atom. The molecule has 0 aliphatic rings. The molecule has 0 N–H and O–H groups in total. The maximum Gasteiger partial charge on any atom is 0.410 e. The maximum atomic E-state index is 13.3. The van der Waals surface area contributed by atoms with Crippen molar-refractivity contribution in [2.45, 2.75) is 44.7 Å². The van der Waals surface area contributed by atoms with Gasteiger partial charge in [-0.3, -0.25) is 4.79 Å². The van der Waals surface area contributed by atoms with Crippen LogP contribution in [0.4, 0.5) is 17.6 Å². The van der Waals surface area contributed by atoms with Gasteiger partial charge in [-0.05, 0) is 71.9 Å². The molecule has 3 aromatic rings. The van der Waals surface area contributed by atoms with Crippen LogP contribution in [0.3, 0.4) is 0 Å². The van der Waals surface area contributed by atoms with E-state index < -0.39 is 12.1 Å². The number of halogens is 4. The molecule has 1 unspecified atom stereocenters. The third kappa shape index (κ3) is 8.64. The minimum atomic E-state index is -4.41. The van der Waals surface area contributed by atoms with Crippen LogP contribution in [0.1, 0.15) is 47.1 Å². The molecule has 0 amide bonds. The number of Topliss-reactive ketones (excluding diaryl/α,β-unsaturated/α-hetero) is 1. The second-order valence-electron chi connectivity index (χ2n) is 8.56. The summed E-state index contributed by atoms with van der Waals surface area (Å²) < 4.78 is 56.5. The van der Waals surface area contributed by atoms with Gasteiger partial charge in [0.1, 0.15) is 17.3 Å². The van der Waals surface area contributed by atoms with E-state index in [1.54, 1.807) is 30.3 Å². The Hall–Kier alpha value is -3.85. The standard InChI is InChI=1S/C31H27F4O2/c1-3-6-28(25-13-15-27(32)16-14-25)29(36)20-24-10-12-26(30(21-24)37-4-2)11-9-22-7-5-8-23(19-22)17-18-31(33,34)35/h1,5,7-8,10,12-16,18-19,21,28H,4,6,9,11,20H2,2H3. The number of terminal acetylenes is 1. The maximum absolute atomic E-state index is 13.3. The third-order valence-electron chi connectivity index (χ3n) is 5.81. The minimum absolute atomic E-state index is 0.0697. The molecule has 3 aromatic carbocycles. The Kier molecular flexibility index (Phi) is 9.68. The Morgan fingerprint density at radius 2 is 1.78 bits per heavy atom. The number of ketones is 1. The normalized spacial score (nSPS) is 12.3. The van der Waals surface area contributed by atoms with Gasteiger partial charge in [0.05, 0.1) is 12.5 Å². The minimum Gasteiger partial charge on any atom is -0.494 e. The Bertz CT molecular complexity index is 1270. The molecule has 6 heteroatoms. The van der Waals surface area contributed by atoms with Crippen LogP contribution in [0.5, 0.6) is 5.75 Å². The molecule has 0 saturated carbocycles. The monoisotopic (exact) mass is 507 g/mol. The van der Waals surface area contributed by atoms with E-state index in [1.165, 1.54) is 12.1 Å². The van der Waals surface area contributed by atoms with Gasteiger partial charge in [0.15, 0.2) is 0 Å². The Balaban J connectivity index is 1.73. The molecule has 1 radical (unpaired) electrons. The number of benzene rings is 3. The predicted octanol–water partition coefficient (Wildman–Crippen LogP) is 7.20. The largest absolute Gasteiger partial charge is 0.494 e. The summed E-state index contributed by atoms with van der Waals surface area (Å²) in [4.78, 5) is 13.1. The molecule has 0 spiro atoms. The topological polar surface area (TPSA) is 26.3 Å². The number of carbonyl (C=O) groups is 1. The van der Waals surface area contributed by atoms with E-state index in [4.69, 9.17) is 11.2 Å². The quantitative estimate of drug-likeness (QED) is 0.203. The first-order valence-electron chi connectivity index (χ1n) is 11.9. The van der Waals surface area contributed by atoms with E-state index in [0.29, 0.717) is 36.3 Å². The van der Waals surface area contributed by atoms with Gasteiger partial charge in [0.25, 0.3) is 0 Å². The average Bonchev–Trinajstić information content (AvgIpc) is 2.86. The van der Waals surface area contributed by atoms with Crippen LogP contribution in [-0.2, 0) is 24.1 Å². The van der Waals surface area contributed by atoms with Crippen molar-refractivity contribution in [3.63, 3.8) is 0 Å². The highest BCUT2D eigenvalue weighted by Crippen LogP contribution is 2.27. The number of ether oxygens (including phenoxy) is 1. The van der Waals surface area contributed by atoms with Crippen LogP contribution in [0.25, 0.3) is 0 Å². The van der Waals surface area contributed by atoms with Crippen LogP contribution < -0.4 is 4.74 Å². The number of hydrogen-bond acceptors (Lipinski definition) is 2. The summed E-state index contributed by atoms with van der Waals surface area (Å²) in [6.45, 7) is 2.30. The first kappa shape index (κ1) is 27.7. The van der Waals surface area contributed by atoms with E-state index in [1.807, 2.05) is 31.2 Å². The van der Waals surface area contributed by atoms with E-state index in [-0.39, 0.29) is 30.5 Å². The van der Waals surface area contributed by atoms with Crippen molar-refractivity contribution in [1.82, 2.24) is 0 Å². The molecule has 0 heterocycles. The summed E-state index contributed by atoms with van der Waals surface area (Å²) in [6, 6.07) is 18.2. The molecule has 1 atom stereocenters. The van der Waals surface area contributed by atoms with E-state index in [2.05, 4.69) is 12.0 Å². The molecule has 0 saturated heterocycles. The van der Waals surface area contributed by atoms with Crippen molar-refractivity contribution in [1.29, 1.82) is 0 Å². The van der Waals surface area contributed by atoms with Crippen molar-refractivity contribution >= 4 is 5.78 Å².